The normalized spacial score (nSPS) is 58.9. The number of carboxylic acid groups (broad SMARTS) is 1. The summed E-state index contributed by atoms with van der Waals surface area (Å²) in [5, 5.41) is 9.54. The quantitative estimate of drug-likeness (QED) is 0.750. The summed E-state index contributed by atoms with van der Waals surface area (Å²) in [6.45, 7) is 4.40. The van der Waals surface area contributed by atoms with Crippen LogP contribution in [0.15, 0.2) is 0 Å². The molecule has 0 heterocycles. The van der Waals surface area contributed by atoms with Crippen molar-refractivity contribution in [2.45, 2.75) is 50.3 Å². The Bertz CT molecular complexity index is 345. The highest BCUT2D eigenvalue weighted by Crippen LogP contribution is 2.71. The van der Waals surface area contributed by atoms with Crippen LogP contribution in [0, 0.1) is 22.7 Å². The molecule has 90 valence electrons. The largest absolute Gasteiger partial charge is 0.481 e. The first kappa shape index (κ1) is 11.1. The highest BCUT2D eigenvalue weighted by molar-refractivity contribution is 9.10. The highest BCUT2D eigenvalue weighted by atomic mass is 79.9. The number of carboxylic acids is 1. The Morgan fingerprint density at radius 1 is 1.19 bits per heavy atom. The molecule has 2 atom stereocenters. The number of alkyl halides is 1. The summed E-state index contributed by atoms with van der Waals surface area (Å²) in [4.78, 5) is 11.6. The molecular formula is C13H19BrO2. The second-order valence-corrected chi connectivity index (χ2v) is 8.74. The molecule has 0 spiro atoms. The molecule has 0 aliphatic heterocycles. The number of carbonyl (C=O) groups is 1. The van der Waals surface area contributed by atoms with E-state index in [1.807, 2.05) is 0 Å². The molecule has 16 heavy (non-hydrogen) atoms. The Kier molecular flexibility index (Phi) is 1.97. The van der Waals surface area contributed by atoms with Crippen LogP contribution in [0.25, 0.3) is 0 Å². The van der Waals surface area contributed by atoms with Gasteiger partial charge >= 0.3 is 5.97 Å². The van der Waals surface area contributed by atoms with Crippen molar-refractivity contribution in [2.24, 2.45) is 22.7 Å². The van der Waals surface area contributed by atoms with Crippen LogP contribution >= 0.6 is 15.9 Å². The van der Waals surface area contributed by atoms with E-state index in [9.17, 15) is 9.90 Å². The maximum atomic E-state index is 11.6. The predicted octanol–water partition coefficient (Wildman–Crippen LogP) is 3.44. The predicted molar refractivity (Wildman–Crippen MR) is 65.6 cm³/mol. The SMILES string of the molecule is CC12CC3CC(Br)(C1)CC(C)(C3)C2C(=O)O. The van der Waals surface area contributed by atoms with Gasteiger partial charge in [-0.2, -0.15) is 0 Å². The van der Waals surface area contributed by atoms with E-state index in [1.165, 1.54) is 6.42 Å². The van der Waals surface area contributed by atoms with Crippen molar-refractivity contribution in [2.75, 3.05) is 0 Å². The number of hydrogen-bond donors (Lipinski definition) is 1. The van der Waals surface area contributed by atoms with Gasteiger partial charge in [-0.1, -0.05) is 29.8 Å². The summed E-state index contributed by atoms with van der Waals surface area (Å²) in [7, 11) is 0. The van der Waals surface area contributed by atoms with Crippen molar-refractivity contribution < 1.29 is 9.90 Å². The van der Waals surface area contributed by atoms with Gasteiger partial charge in [0.1, 0.15) is 0 Å². The Balaban J connectivity index is 2.09. The topological polar surface area (TPSA) is 37.3 Å². The molecule has 0 aromatic carbocycles. The lowest BCUT2D eigenvalue weighted by Gasteiger charge is -2.66. The van der Waals surface area contributed by atoms with E-state index in [2.05, 4.69) is 29.8 Å². The molecular weight excluding hydrogens is 268 g/mol. The van der Waals surface area contributed by atoms with E-state index in [4.69, 9.17) is 0 Å². The first-order valence-corrected chi connectivity index (χ1v) is 6.98. The fraction of sp³-hybridized carbons (Fsp3) is 0.923. The third-order valence-corrected chi connectivity index (χ3v) is 6.13. The molecule has 0 amide bonds. The number of halogens is 1. The van der Waals surface area contributed by atoms with Crippen molar-refractivity contribution in [3.63, 3.8) is 0 Å². The van der Waals surface area contributed by atoms with E-state index in [-0.39, 0.29) is 21.1 Å². The van der Waals surface area contributed by atoms with Crippen molar-refractivity contribution in [3.8, 4) is 0 Å². The minimum atomic E-state index is -0.570. The summed E-state index contributed by atoms with van der Waals surface area (Å²) in [5.41, 5.74) is 0.0347. The van der Waals surface area contributed by atoms with Gasteiger partial charge in [-0.15, -0.1) is 0 Å². The van der Waals surface area contributed by atoms with Crippen molar-refractivity contribution in [1.82, 2.24) is 0 Å². The zero-order chi connectivity index (χ0) is 11.8. The molecule has 1 N–H and O–H groups in total. The summed E-state index contributed by atoms with van der Waals surface area (Å²) in [6, 6.07) is 0. The molecule has 2 nitrogen and oxygen atoms in total. The van der Waals surface area contributed by atoms with Gasteiger partial charge in [0.2, 0.25) is 0 Å². The van der Waals surface area contributed by atoms with Gasteiger partial charge in [-0.25, -0.2) is 0 Å². The number of hydrogen-bond acceptors (Lipinski definition) is 1. The summed E-state index contributed by atoms with van der Waals surface area (Å²) >= 11 is 3.91. The van der Waals surface area contributed by atoms with E-state index in [0.29, 0.717) is 0 Å². The fourth-order valence-electron chi connectivity index (χ4n) is 5.73. The van der Waals surface area contributed by atoms with Crippen LogP contribution in [0.5, 0.6) is 0 Å². The van der Waals surface area contributed by atoms with Crippen LogP contribution in [-0.2, 0) is 4.79 Å². The first-order valence-electron chi connectivity index (χ1n) is 6.18. The first-order chi connectivity index (χ1) is 7.27. The van der Waals surface area contributed by atoms with Crippen molar-refractivity contribution in [1.29, 1.82) is 0 Å². The van der Waals surface area contributed by atoms with Gasteiger partial charge < -0.3 is 5.11 Å². The molecule has 3 heteroatoms. The average Bonchev–Trinajstić information content (AvgIpc) is 1.91. The van der Waals surface area contributed by atoms with E-state index in [1.54, 1.807) is 0 Å². The fourth-order valence-corrected chi connectivity index (χ4v) is 7.47. The lowest BCUT2D eigenvalue weighted by Crippen LogP contribution is -2.63. The van der Waals surface area contributed by atoms with Gasteiger partial charge in [-0.05, 0) is 48.9 Å². The number of rotatable bonds is 1. The van der Waals surface area contributed by atoms with Crippen LogP contribution < -0.4 is 0 Å². The third kappa shape index (κ3) is 1.27. The zero-order valence-electron chi connectivity index (χ0n) is 9.92. The maximum absolute atomic E-state index is 11.6. The second-order valence-electron chi connectivity index (χ2n) is 7.06. The molecule has 4 rings (SSSR count). The lowest BCUT2D eigenvalue weighted by molar-refractivity contribution is -0.180. The zero-order valence-corrected chi connectivity index (χ0v) is 11.5. The molecule has 4 bridgehead atoms. The molecule has 0 radical (unpaired) electrons. The third-order valence-electron chi connectivity index (χ3n) is 5.25. The van der Waals surface area contributed by atoms with Crippen LogP contribution in [0.4, 0.5) is 0 Å². The van der Waals surface area contributed by atoms with E-state index < -0.39 is 5.97 Å². The molecule has 0 saturated heterocycles. The molecule has 4 fully saturated rings. The van der Waals surface area contributed by atoms with Gasteiger partial charge in [0.05, 0.1) is 5.92 Å². The molecule has 4 aliphatic rings. The smallest absolute Gasteiger partial charge is 0.307 e. The Morgan fingerprint density at radius 2 is 1.69 bits per heavy atom. The summed E-state index contributed by atoms with van der Waals surface area (Å²) in [6.07, 6.45) is 5.58. The Morgan fingerprint density at radius 3 is 2.06 bits per heavy atom. The molecule has 4 saturated carbocycles. The van der Waals surface area contributed by atoms with Gasteiger partial charge in [-0.3, -0.25) is 4.79 Å². The van der Waals surface area contributed by atoms with Crippen LogP contribution in [0.3, 0.4) is 0 Å². The molecule has 4 aliphatic carbocycles. The average molecular weight is 287 g/mol. The maximum Gasteiger partial charge on any atom is 0.307 e. The molecule has 0 aromatic heterocycles. The Hall–Kier alpha value is -0.0500. The van der Waals surface area contributed by atoms with Crippen LogP contribution in [-0.4, -0.2) is 15.4 Å². The molecule has 2 unspecified atom stereocenters. The van der Waals surface area contributed by atoms with Gasteiger partial charge in [0.15, 0.2) is 0 Å². The highest BCUT2D eigenvalue weighted by Gasteiger charge is 2.66. The van der Waals surface area contributed by atoms with Crippen LogP contribution in [0.2, 0.25) is 0 Å². The van der Waals surface area contributed by atoms with E-state index >= 15 is 0 Å². The second kappa shape index (κ2) is 2.85. The summed E-state index contributed by atoms with van der Waals surface area (Å²) in [5.74, 6) is 0.0367. The monoisotopic (exact) mass is 286 g/mol. The van der Waals surface area contributed by atoms with Crippen molar-refractivity contribution >= 4 is 21.9 Å². The number of aliphatic carboxylic acids is 1. The standard InChI is InChI=1S/C13H19BrO2/c1-11-3-8-4-12(2,9(11)10(15)16)7-13(14,5-8)6-11/h8-9H,3-7H2,1-2H3,(H,15,16). The minimum Gasteiger partial charge on any atom is -0.481 e. The Labute approximate surface area is 105 Å². The van der Waals surface area contributed by atoms with Crippen LogP contribution in [0.1, 0.15) is 46.0 Å². The summed E-state index contributed by atoms with van der Waals surface area (Å²) < 4.78 is 0.240. The molecule has 0 aromatic rings. The van der Waals surface area contributed by atoms with Gasteiger partial charge in [0.25, 0.3) is 0 Å². The van der Waals surface area contributed by atoms with Crippen molar-refractivity contribution in [3.05, 3.63) is 0 Å². The minimum absolute atomic E-state index is 0.0174. The van der Waals surface area contributed by atoms with E-state index in [0.717, 1.165) is 31.6 Å². The lowest BCUT2D eigenvalue weighted by atomic mass is 9.40. The van der Waals surface area contributed by atoms with Gasteiger partial charge in [0, 0.05) is 4.32 Å².